The third-order valence-electron chi connectivity index (χ3n) is 2.11. The molecule has 0 aliphatic carbocycles. The first kappa shape index (κ1) is 11.6. The Morgan fingerprint density at radius 2 is 2.25 bits per heavy atom. The van der Waals surface area contributed by atoms with Crippen LogP contribution in [0.2, 0.25) is 0 Å². The van der Waals surface area contributed by atoms with Crippen molar-refractivity contribution in [3.05, 3.63) is 0 Å². The van der Waals surface area contributed by atoms with Crippen molar-refractivity contribution in [1.29, 1.82) is 0 Å². The Labute approximate surface area is 80.3 Å². The summed E-state index contributed by atoms with van der Waals surface area (Å²) < 4.78 is 0. The van der Waals surface area contributed by atoms with Gasteiger partial charge >= 0.3 is 0 Å². The van der Waals surface area contributed by atoms with Crippen LogP contribution in [0.4, 0.5) is 0 Å². The van der Waals surface area contributed by atoms with Gasteiger partial charge in [-0.1, -0.05) is 6.92 Å². The molecule has 0 fully saturated rings. The molecule has 3 nitrogen and oxygen atoms in total. The highest BCUT2D eigenvalue weighted by Crippen LogP contribution is 1.97. The molecule has 0 bridgehead atoms. The molecule has 0 radical (unpaired) electrons. The van der Waals surface area contributed by atoms with Crippen LogP contribution in [0.5, 0.6) is 0 Å². The van der Waals surface area contributed by atoms with E-state index in [4.69, 9.17) is 5.73 Å². The first-order chi connectivity index (χ1) is 5.57. The summed E-state index contributed by atoms with van der Waals surface area (Å²) in [5, 5.41) is 3.30. The lowest BCUT2D eigenvalue weighted by Crippen LogP contribution is -2.38. The zero-order valence-electron chi connectivity index (χ0n) is 8.13. The third-order valence-corrected chi connectivity index (χ3v) is 2.25. The van der Waals surface area contributed by atoms with E-state index in [1.807, 2.05) is 0 Å². The van der Waals surface area contributed by atoms with Crippen LogP contribution in [0, 0.1) is 0 Å². The van der Waals surface area contributed by atoms with Gasteiger partial charge in [-0.25, -0.2) is 0 Å². The van der Waals surface area contributed by atoms with Crippen molar-refractivity contribution in [2.24, 2.45) is 5.73 Å². The number of thiocarbonyl (C=S) groups is 1. The number of likely N-dealkylation sites (N-methyl/N-ethyl adjacent to an activating group) is 1. The fourth-order valence-electron chi connectivity index (χ4n) is 0.888. The van der Waals surface area contributed by atoms with Gasteiger partial charge in [0.05, 0.1) is 0 Å². The van der Waals surface area contributed by atoms with Crippen molar-refractivity contribution in [2.75, 3.05) is 20.1 Å². The molecule has 4 heteroatoms. The van der Waals surface area contributed by atoms with E-state index >= 15 is 0 Å². The number of rotatable bonds is 5. The molecule has 1 atom stereocenters. The Morgan fingerprint density at radius 1 is 1.67 bits per heavy atom. The molecule has 0 aliphatic rings. The minimum Gasteiger partial charge on any atom is -0.376 e. The van der Waals surface area contributed by atoms with Crippen LogP contribution in [-0.4, -0.2) is 36.2 Å². The van der Waals surface area contributed by atoms with Crippen molar-refractivity contribution in [3.63, 3.8) is 0 Å². The average Bonchev–Trinajstić information content (AvgIpc) is 2.02. The second-order valence-electron chi connectivity index (χ2n) is 3.03. The van der Waals surface area contributed by atoms with Crippen molar-refractivity contribution in [2.45, 2.75) is 26.3 Å². The van der Waals surface area contributed by atoms with E-state index in [0.29, 0.717) is 11.2 Å². The third kappa shape index (κ3) is 5.32. The number of hydrogen-bond donors (Lipinski definition) is 2. The molecule has 0 amide bonds. The Bertz CT molecular complexity index is 138. The monoisotopic (exact) mass is 189 g/mol. The van der Waals surface area contributed by atoms with Crippen molar-refractivity contribution >= 4 is 17.3 Å². The molecule has 0 aromatic heterocycles. The largest absolute Gasteiger partial charge is 0.376 e. The van der Waals surface area contributed by atoms with Crippen LogP contribution in [0.3, 0.4) is 0 Å². The fourth-order valence-corrected chi connectivity index (χ4v) is 0.990. The van der Waals surface area contributed by atoms with Crippen LogP contribution < -0.4 is 11.1 Å². The summed E-state index contributed by atoms with van der Waals surface area (Å²) in [6.07, 6.45) is 1.17. The molecule has 3 N–H and O–H groups in total. The van der Waals surface area contributed by atoms with E-state index in [1.54, 1.807) is 0 Å². The second-order valence-corrected chi connectivity index (χ2v) is 3.47. The molecule has 0 saturated carbocycles. The molecule has 72 valence electrons. The van der Waals surface area contributed by atoms with Crippen molar-refractivity contribution in [3.8, 4) is 0 Å². The van der Waals surface area contributed by atoms with Gasteiger partial charge in [-0.3, -0.25) is 0 Å². The van der Waals surface area contributed by atoms with E-state index in [1.165, 1.54) is 6.42 Å². The first-order valence-corrected chi connectivity index (χ1v) is 4.72. The zero-order valence-corrected chi connectivity index (χ0v) is 8.95. The minimum absolute atomic E-state index is 0.382. The summed E-state index contributed by atoms with van der Waals surface area (Å²) in [7, 11) is 2.11. The zero-order chi connectivity index (χ0) is 9.56. The van der Waals surface area contributed by atoms with Gasteiger partial charge in [0.25, 0.3) is 0 Å². The summed E-state index contributed by atoms with van der Waals surface area (Å²) in [6.45, 7) is 6.20. The van der Waals surface area contributed by atoms with E-state index < -0.39 is 0 Å². The summed E-state index contributed by atoms with van der Waals surface area (Å²) >= 11 is 4.69. The summed E-state index contributed by atoms with van der Waals surface area (Å²) in [6, 6.07) is 0.623. The predicted molar refractivity (Wildman–Crippen MR) is 57.2 cm³/mol. The van der Waals surface area contributed by atoms with Crippen molar-refractivity contribution < 1.29 is 0 Å². The smallest absolute Gasteiger partial charge is 0.163 e. The van der Waals surface area contributed by atoms with Gasteiger partial charge in [0.1, 0.15) is 0 Å². The van der Waals surface area contributed by atoms with Gasteiger partial charge in [0.15, 0.2) is 5.11 Å². The van der Waals surface area contributed by atoms with Gasteiger partial charge < -0.3 is 16.0 Å². The normalized spacial score (nSPS) is 13.0. The second kappa shape index (κ2) is 6.20. The van der Waals surface area contributed by atoms with Gasteiger partial charge in [0, 0.05) is 19.1 Å². The Balaban J connectivity index is 3.43. The molecule has 0 spiro atoms. The van der Waals surface area contributed by atoms with E-state index in [9.17, 15) is 0 Å². The van der Waals surface area contributed by atoms with Crippen LogP contribution >= 0.6 is 12.2 Å². The van der Waals surface area contributed by atoms with Gasteiger partial charge in [-0.2, -0.15) is 0 Å². The predicted octanol–water partition coefficient (Wildman–Crippen LogP) is 0.550. The van der Waals surface area contributed by atoms with Gasteiger partial charge in [0.2, 0.25) is 0 Å². The maximum atomic E-state index is 5.29. The number of nitrogens with one attached hydrogen (secondary N) is 1. The summed E-state index contributed by atoms with van der Waals surface area (Å²) in [5.41, 5.74) is 5.29. The lowest BCUT2D eigenvalue weighted by molar-refractivity contribution is 0.256. The van der Waals surface area contributed by atoms with Gasteiger partial charge in [-0.15, -0.1) is 0 Å². The highest BCUT2D eigenvalue weighted by molar-refractivity contribution is 7.80. The topological polar surface area (TPSA) is 41.3 Å². The molecule has 0 aromatic rings. The number of nitrogens with two attached hydrogens (primary N) is 1. The molecule has 1 unspecified atom stereocenters. The highest BCUT2D eigenvalue weighted by Gasteiger charge is 2.04. The lowest BCUT2D eigenvalue weighted by atomic mass is 10.2. The molecule has 0 aromatic carbocycles. The molecular weight excluding hydrogens is 170 g/mol. The van der Waals surface area contributed by atoms with E-state index in [2.05, 4.69) is 43.3 Å². The van der Waals surface area contributed by atoms with E-state index in [-0.39, 0.29) is 0 Å². The Morgan fingerprint density at radius 3 is 2.67 bits per heavy atom. The molecule has 0 aliphatic heterocycles. The Kier molecular flexibility index (Phi) is 6.02. The molecule has 12 heavy (non-hydrogen) atoms. The fraction of sp³-hybridized carbons (Fsp3) is 0.875. The minimum atomic E-state index is 0.382. The Hall–Kier alpha value is -0.350. The maximum Gasteiger partial charge on any atom is 0.163 e. The lowest BCUT2D eigenvalue weighted by Gasteiger charge is -2.23. The first-order valence-electron chi connectivity index (χ1n) is 4.31. The number of hydrogen-bond acceptors (Lipinski definition) is 2. The highest BCUT2D eigenvalue weighted by atomic mass is 32.1. The average molecular weight is 189 g/mol. The molecular formula is C8H19N3S. The molecule has 0 saturated heterocycles. The van der Waals surface area contributed by atoms with E-state index in [0.717, 1.165) is 13.1 Å². The summed E-state index contributed by atoms with van der Waals surface area (Å²) in [4.78, 5) is 2.28. The maximum absolute atomic E-state index is 5.29. The van der Waals surface area contributed by atoms with Crippen LogP contribution in [0.25, 0.3) is 0 Å². The standard InChI is InChI=1S/C8H19N3S/c1-4-7(2)11(3)6-5-10-8(9)12/h7H,4-6H2,1-3H3,(H3,9,10,12). The van der Waals surface area contributed by atoms with Crippen molar-refractivity contribution in [1.82, 2.24) is 10.2 Å². The molecule has 0 heterocycles. The number of nitrogens with zero attached hydrogens (tertiary/aromatic N) is 1. The van der Waals surface area contributed by atoms with Crippen LogP contribution in [-0.2, 0) is 0 Å². The van der Waals surface area contributed by atoms with Crippen LogP contribution in [0.15, 0.2) is 0 Å². The SMILES string of the molecule is CCC(C)N(C)CCNC(N)=S. The van der Waals surface area contributed by atoms with Crippen LogP contribution in [0.1, 0.15) is 20.3 Å². The molecule has 0 rings (SSSR count). The quantitative estimate of drug-likeness (QED) is 0.620. The summed E-state index contributed by atoms with van der Waals surface area (Å²) in [5.74, 6) is 0. The van der Waals surface area contributed by atoms with Gasteiger partial charge in [-0.05, 0) is 32.6 Å².